The van der Waals surface area contributed by atoms with Gasteiger partial charge < -0.3 is 19.9 Å². The highest BCUT2D eigenvalue weighted by molar-refractivity contribution is 6.30. The monoisotopic (exact) mass is 391 g/mol. The Kier molecular flexibility index (Phi) is 7.21. The third kappa shape index (κ3) is 6.27. The van der Waals surface area contributed by atoms with E-state index in [1.165, 1.54) is 0 Å². The largest absolute Gasteiger partial charge is 0.476 e. The normalized spacial score (nSPS) is 11.0. The van der Waals surface area contributed by atoms with Gasteiger partial charge in [0, 0.05) is 17.1 Å². The van der Waals surface area contributed by atoms with Crippen molar-refractivity contribution in [2.75, 3.05) is 13.3 Å². The lowest BCUT2D eigenvalue weighted by atomic mass is 10.1. The van der Waals surface area contributed by atoms with Gasteiger partial charge in [-0.25, -0.2) is 4.79 Å². The highest BCUT2D eigenvalue weighted by atomic mass is 35.5. The number of nitrogens with one attached hydrogen (secondary N) is 1. The van der Waals surface area contributed by atoms with E-state index < -0.39 is 18.4 Å². The van der Waals surface area contributed by atoms with Crippen LogP contribution in [0.25, 0.3) is 0 Å². The van der Waals surface area contributed by atoms with Crippen molar-refractivity contribution in [2.45, 2.75) is 25.9 Å². The maximum atomic E-state index is 12.0. The Balaban J connectivity index is 1.84. The van der Waals surface area contributed by atoms with Crippen molar-refractivity contribution >= 4 is 23.5 Å². The second-order valence-electron chi connectivity index (χ2n) is 6.33. The zero-order chi connectivity index (χ0) is 19.9. The Morgan fingerprint density at radius 3 is 2.30 bits per heavy atom. The molecule has 144 valence electrons. The Morgan fingerprint density at radius 2 is 1.70 bits per heavy atom. The molecule has 2 rings (SSSR count). The van der Waals surface area contributed by atoms with Gasteiger partial charge >= 0.3 is 5.97 Å². The molecule has 27 heavy (non-hydrogen) atoms. The molecule has 2 N–H and O–H groups in total. The molecule has 0 heterocycles. The lowest BCUT2D eigenvalue weighted by Gasteiger charge is -2.23. The number of ether oxygens (including phenoxy) is 2. The Morgan fingerprint density at radius 1 is 1.07 bits per heavy atom. The molecule has 0 saturated heterocycles. The summed E-state index contributed by atoms with van der Waals surface area (Å²) in [7, 11) is 0. The van der Waals surface area contributed by atoms with Gasteiger partial charge in [-0.2, -0.15) is 0 Å². The van der Waals surface area contributed by atoms with Crippen LogP contribution in [0.4, 0.5) is 0 Å². The van der Waals surface area contributed by atoms with Gasteiger partial charge in [0.05, 0.1) is 0 Å². The highest BCUT2D eigenvalue weighted by Gasteiger charge is 2.31. The minimum atomic E-state index is -1.21. The second-order valence-corrected chi connectivity index (χ2v) is 6.77. The fourth-order valence-electron chi connectivity index (χ4n) is 2.32. The molecule has 0 atom stereocenters. The first-order valence-corrected chi connectivity index (χ1v) is 8.79. The number of rotatable bonds is 8. The molecule has 0 bridgehead atoms. The lowest BCUT2D eigenvalue weighted by molar-refractivity contribution is -0.167. The van der Waals surface area contributed by atoms with Crippen LogP contribution in [-0.2, 0) is 16.0 Å². The van der Waals surface area contributed by atoms with Crippen LogP contribution in [0.3, 0.4) is 0 Å². The Bertz CT molecular complexity index is 772. The molecule has 0 saturated carbocycles. The fraction of sp³-hybridized carbons (Fsp3) is 0.300. The van der Waals surface area contributed by atoms with E-state index in [1.807, 2.05) is 12.1 Å². The lowest BCUT2D eigenvalue weighted by Crippen LogP contribution is -2.39. The third-order valence-electron chi connectivity index (χ3n) is 3.79. The van der Waals surface area contributed by atoms with Gasteiger partial charge in [0.1, 0.15) is 5.75 Å². The van der Waals surface area contributed by atoms with E-state index in [1.54, 1.807) is 50.2 Å². The number of halogens is 1. The predicted octanol–water partition coefficient (Wildman–Crippen LogP) is 2.96. The van der Waals surface area contributed by atoms with E-state index in [4.69, 9.17) is 21.4 Å². The van der Waals surface area contributed by atoms with E-state index >= 15 is 0 Å². The molecule has 7 heteroatoms. The maximum Gasteiger partial charge on any atom is 0.351 e. The minimum absolute atomic E-state index is 0.157. The van der Waals surface area contributed by atoms with Crippen molar-refractivity contribution in [3.63, 3.8) is 0 Å². The van der Waals surface area contributed by atoms with Crippen molar-refractivity contribution in [2.24, 2.45) is 0 Å². The molecule has 0 unspecified atom stereocenters. The van der Waals surface area contributed by atoms with Crippen molar-refractivity contribution in [3.8, 4) is 5.75 Å². The first-order valence-electron chi connectivity index (χ1n) is 8.41. The van der Waals surface area contributed by atoms with Gasteiger partial charge in [-0.15, -0.1) is 0 Å². The van der Waals surface area contributed by atoms with Gasteiger partial charge in [0.15, 0.2) is 12.4 Å². The Labute approximate surface area is 163 Å². The molecule has 0 radical (unpaired) electrons. The number of esters is 1. The van der Waals surface area contributed by atoms with E-state index in [0.29, 0.717) is 29.3 Å². The molecule has 0 aliphatic heterocycles. The predicted molar refractivity (Wildman–Crippen MR) is 102 cm³/mol. The van der Waals surface area contributed by atoms with Gasteiger partial charge in [0.25, 0.3) is 5.91 Å². The number of benzene rings is 2. The zero-order valence-electron chi connectivity index (χ0n) is 15.2. The molecule has 1 amide bonds. The van der Waals surface area contributed by atoms with Crippen molar-refractivity contribution < 1.29 is 24.2 Å². The molecule has 6 nitrogen and oxygen atoms in total. The Hall–Kier alpha value is -2.57. The molecule has 2 aromatic rings. The summed E-state index contributed by atoms with van der Waals surface area (Å²) in [6.45, 7) is 2.92. The average molecular weight is 392 g/mol. The second kappa shape index (κ2) is 9.39. The number of hydrogen-bond donors (Lipinski definition) is 2. The molecule has 0 fully saturated rings. The topological polar surface area (TPSA) is 84.9 Å². The van der Waals surface area contributed by atoms with Crippen molar-refractivity contribution in [1.82, 2.24) is 5.32 Å². The van der Waals surface area contributed by atoms with Crippen LogP contribution in [0.1, 0.15) is 29.8 Å². The molecule has 0 aromatic heterocycles. The number of amides is 1. The minimum Gasteiger partial charge on any atom is -0.476 e. The highest BCUT2D eigenvalue weighted by Crippen LogP contribution is 2.20. The van der Waals surface area contributed by atoms with Gasteiger partial charge in [-0.05, 0) is 62.2 Å². The number of carbonyl (C=O) groups excluding carboxylic acids is 2. The number of aliphatic hydroxyl groups excluding tert-OH is 1. The van der Waals surface area contributed by atoms with Crippen LogP contribution >= 0.6 is 11.6 Å². The zero-order valence-corrected chi connectivity index (χ0v) is 16.0. The number of aliphatic hydroxyl groups is 1. The van der Waals surface area contributed by atoms with Gasteiger partial charge in [-0.1, -0.05) is 23.7 Å². The smallest absolute Gasteiger partial charge is 0.351 e. The van der Waals surface area contributed by atoms with Crippen LogP contribution in [-0.4, -0.2) is 35.9 Å². The van der Waals surface area contributed by atoms with E-state index in [-0.39, 0.29) is 5.91 Å². The summed E-state index contributed by atoms with van der Waals surface area (Å²) in [5.74, 6) is -0.307. The van der Waals surface area contributed by atoms with Gasteiger partial charge in [0.2, 0.25) is 0 Å². The number of carbonyl (C=O) groups is 2. The summed E-state index contributed by atoms with van der Waals surface area (Å²) in [5.41, 5.74) is 0.353. The summed E-state index contributed by atoms with van der Waals surface area (Å²) in [6.07, 6.45) is 0.648. The summed E-state index contributed by atoms with van der Waals surface area (Å²) >= 11 is 5.81. The van der Waals surface area contributed by atoms with E-state index in [0.717, 1.165) is 5.56 Å². The molecule has 0 aliphatic carbocycles. The first kappa shape index (κ1) is 20.7. The fourth-order valence-corrected chi connectivity index (χ4v) is 2.44. The third-order valence-corrected chi connectivity index (χ3v) is 4.04. The average Bonchev–Trinajstić information content (AvgIpc) is 2.63. The molecular formula is C20H22ClNO5. The first-order chi connectivity index (χ1) is 12.8. The standard InChI is InChI=1S/C20H22ClNO5/c1-20(2,19(25)26-13-23)27-17-9-3-14(4-10-17)11-12-22-18(24)15-5-7-16(21)8-6-15/h3-10,23H,11-13H2,1-2H3,(H,22,24). The van der Waals surface area contributed by atoms with Crippen LogP contribution in [0.2, 0.25) is 5.02 Å². The van der Waals surface area contributed by atoms with Crippen LogP contribution in [0, 0.1) is 0 Å². The SMILES string of the molecule is CC(C)(Oc1ccc(CCNC(=O)c2ccc(Cl)cc2)cc1)C(=O)OCO. The van der Waals surface area contributed by atoms with Crippen molar-refractivity contribution in [1.29, 1.82) is 0 Å². The maximum absolute atomic E-state index is 12.0. The van der Waals surface area contributed by atoms with Gasteiger partial charge in [-0.3, -0.25) is 4.79 Å². The van der Waals surface area contributed by atoms with Crippen LogP contribution in [0.15, 0.2) is 48.5 Å². The van der Waals surface area contributed by atoms with Crippen LogP contribution in [0.5, 0.6) is 5.75 Å². The molecule has 0 aliphatic rings. The quantitative estimate of drug-likeness (QED) is 0.533. The number of hydrogen-bond acceptors (Lipinski definition) is 5. The van der Waals surface area contributed by atoms with Crippen LogP contribution < -0.4 is 10.1 Å². The molecule has 0 spiro atoms. The van der Waals surface area contributed by atoms with E-state index in [2.05, 4.69) is 10.1 Å². The summed E-state index contributed by atoms with van der Waals surface area (Å²) in [6, 6.07) is 13.9. The van der Waals surface area contributed by atoms with Crippen molar-refractivity contribution in [3.05, 3.63) is 64.7 Å². The van der Waals surface area contributed by atoms with E-state index in [9.17, 15) is 9.59 Å². The molecule has 2 aromatic carbocycles. The summed E-state index contributed by atoms with van der Waals surface area (Å²) in [4.78, 5) is 23.8. The molecular weight excluding hydrogens is 370 g/mol. The summed E-state index contributed by atoms with van der Waals surface area (Å²) in [5, 5.41) is 12.1. The summed E-state index contributed by atoms with van der Waals surface area (Å²) < 4.78 is 10.2.